The quantitative estimate of drug-likeness (QED) is 0.268. The van der Waals surface area contributed by atoms with Gasteiger partial charge in [0.1, 0.15) is 30.2 Å². The minimum absolute atomic E-state index is 0.0903. The van der Waals surface area contributed by atoms with E-state index in [0.29, 0.717) is 49.0 Å². The first kappa shape index (κ1) is 26.5. The van der Waals surface area contributed by atoms with Crippen LogP contribution in [0.2, 0.25) is 0 Å². The number of rotatable bonds is 9. The molecule has 1 N–H and O–H groups in total. The highest BCUT2D eigenvalue weighted by atomic mass is 16.5. The number of carbonyl (C=O) groups is 1. The lowest BCUT2D eigenvalue weighted by Gasteiger charge is -2.30. The minimum atomic E-state index is -0.969. The number of ether oxygens (including phenoxy) is 2. The highest BCUT2D eigenvalue weighted by Gasteiger charge is 2.24. The second-order valence-corrected chi connectivity index (χ2v) is 10.4. The number of hydrazone groups is 1. The van der Waals surface area contributed by atoms with Gasteiger partial charge in [0.2, 0.25) is 5.88 Å². The number of carboxylic acids is 1. The van der Waals surface area contributed by atoms with Gasteiger partial charge in [0, 0.05) is 30.2 Å². The molecular weight excluding hydrogens is 550 g/mol. The van der Waals surface area contributed by atoms with Gasteiger partial charge in [-0.1, -0.05) is 12.1 Å². The lowest BCUT2D eigenvalue weighted by molar-refractivity contribution is -0.0592. The zero-order valence-corrected chi connectivity index (χ0v) is 23.1. The van der Waals surface area contributed by atoms with Gasteiger partial charge in [0.15, 0.2) is 0 Å². The van der Waals surface area contributed by atoms with E-state index in [0.717, 1.165) is 40.8 Å². The fourth-order valence-electron chi connectivity index (χ4n) is 5.32. The van der Waals surface area contributed by atoms with Crippen molar-refractivity contribution in [2.24, 2.45) is 5.10 Å². The third kappa shape index (κ3) is 5.22. The number of imidazole rings is 1. The topological polar surface area (TPSA) is 142 Å². The molecule has 0 radical (unpaired) electrons. The van der Waals surface area contributed by atoms with Gasteiger partial charge in [0.05, 0.1) is 60.2 Å². The van der Waals surface area contributed by atoms with Crippen LogP contribution in [0.15, 0.2) is 70.4 Å². The first-order valence-electron chi connectivity index (χ1n) is 13.9. The second kappa shape index (κ2) is 11.1. The molecule has 0 spiro atoms. The molecule has 1 saturated heterocycles. The summed E-state index contributed by atoms with van der Waals surface area (Å²) in [6.45, 7) is 3.35. The van der Waals surface area contributed by atoms with Crippen molar-refractivity contribution in [1.82, 2.24) is 19.5 Å². The summed E-state index contributed by atoms with van der Waals surface area (Å²) in [6.07, 6.45) is 4.37. The highest BCUT2D eigenvalue weighted by molar-refractivity contribution is 5.92. The van der Waals surface area contributed by atoms with Crippen LogP contribution in [0, 0.1) is 11.3 Å². The fraction of sp³-hybridized carbons (Fsp3) is 0.258. The maximum absolute atomic E-state index is 11.6. The Hall–Kier alpha value is -5.41. The number of furan rings is 1. The minimum Gasteiger partial charge on any atom is -0.478 e. The number of aromatic nitrogens is 3. The van der Waals surface area contributed by atoms with Crippen LogP contribution >= 0.6 is 0 Å². The average molecular weight is 578 g/mol. The summed E-state index contributed by atoms with van der Waals surface area (Å²) in [4.78, 5) is 23.0. The molecule has 5 heterocycles. The molecule has 0 saturated carbocycles. The summed E-state index contributed by atoms with van der Waals surface area (Å²) in [5.41, 5.74) is 3.78. The number of fused-ring (bicyclic) bond motifs is 2. The number of anilines is 1. The van der Waals surface area contributed by atoms with Gasteiger partial charge >= 0.3 is 5.97 Å². The van der Waals surface area contributed by atoms with E-state index in [1.807, 2.05) is 28.1 Å². The number of hydrogen-bond acceptors (Lipinski definition) is 10. The summed E-state index contributed by atoms with van der Waals surface area (Å²) in [7, 11) is 0. The van der Waals surface area contributed by atoms with Crippen LogP contribution in [0.5, 0.6) is 5.88 Å². The molecule has 0 aliphatic carbocycles. The molecule has 1 fully saturated rings. The number of hydrogen-bond donors (Lipinski definition) is 1. The van der Waals surface area contributed by atoms with Gasteiger partial charge in [-0.25, -0.2) is 9.78 Å². The Morgan fingerprint density at radius 3 is 2.81 bits per heavy atom. The van der Waals surface area contributed by atoms with Crippen LogP contribution in [0.4, 0.5) is 5.82 Å². The van der Waals surface area contributed by atoms with E-state index in [1.165, 1.54) is 0 Å². The number of nitriles is 1. The Morgan fingerprint density at radius 1 is 1.14 bits per heavy atom. The molecule has 1 atom stereocenters. The summed E-state index contributed by atoms with van der Waals surface area (Å²) < 4.78 is 19.3. The monoisotopic (exact) mass is 577 g/mol. The Kier molecular flexibility index (Phi) is 6.84. The smallest absolute Gasteiger partial charge is 0.335 e. The summed E-state index contributed by atoms with van der Waals surface area (Å²) >= 11 is 0. The number of pyridine rings is 1. The number of benzene rings is 2. The van der Waals surface area contributed by atoms with Crippen LogP contribution in [0.1, 0.15) is 33.7 Å². The average Bonchev–Trinajstić information content (AvgIpc) is 3.63. The highest BCUT2D eigenvalue weighted by Crippen LogP contribution is 2.26. The van der Waals surface area contributed by atoms with Gasteiger partial charge < -0.3 is 28.5 Å². The van der Waals surface area contributed by atoms with Crippen molar-refractivity contribution < 1.29 is 23.8 Å². The molecule has 12 nitrogen and oxygen atoms in total. The van der Waals surface area contributed by atoms with E-state index in [-0.39, 0.29) is 18.3 Å². The van der Waals surface area contributed by atoms with Crippen LogP contribution in [-0.4, -0.2) is 62.8 Å². The van der Waals surface area contributed by atoms with Crippen molar-refractivity contribution in [3.63, 3.8) is 0 Å². The van der Waals surface area contributed by atoms with E-state index >= 15 is 0 Å². The number of carboxylic acid groups (broad SMARTS) is 1. The maximum Gasteiger partial charge on any atom is 0.335 e. The Morgan fingerprint density at radius 2 is 2.05 bits per heavy atom. The molecule has 0 bridgehead atoms. The van der Waals surface area contributed by atoms with Crippen molar-refractivity contribution in [2.75, 3.05) is 24.6 Å². The largest absolute Gasteiger partial charge is 0.478 e. The number of aromatic carboxylic acids is 1. The molecule has 12 heteroatoms. The summed E-state index contributed by atoms with van der Waals surface area (Å²) in [5, 5.41) is 26.2. The van der Waals surface area contributed by atoms with E-state index in [9.17, 15) is 15.2 Å². The van der Waals surface area contributed by atoms with Crippen LogP contribution < -0.4 is 9.64 Å². The lowest BCUT2D eigenvalue weighted by atomic mass is 10.1. The summed E-state index contributed by atoms with van der Waals surface area (Å²) in [5.74, 6) is 1.01. The van der Waals surface area contributed by atoms with Crippen molar-refractivity contribution in [2.45, 2.75) is 32.2 Å². The molecule has 0 amide bonds. The predicted octanol–water partition coefficient (Wildman–Crippen LogP) is 4.38. The van der Waals surface area contributed by atoms with Crippen molar-refractivity contribution in [3.05, 3.63) is 83.4 Å². The molecule has 216 valence electrons. The maximum atomic E-state index is 11.6. The van der Waals surface area contributed by atoms with Gasteiger partial charge in [-0.2, -0.15) is 15.3 Å². The van der Waals surface area contributed by atoms with Crippen LogP contribution in [-0.2, 0) is 24.4 Å². The zero-order chi connectivity index (χ0) is 29.3. The van der Waals surface area contributed by atoms with E-state index in [4.69, 9.17) is 18.9 Å². The molecule has 2 aromatic carbocycles. The molecule has 0 unspecified atom stereocenters. The number of nitrogens with zero attached hydrogens (tertiary/aromatic N) is 7. The Labute approximate surface area is 246 Å². The first-order valence-corrected chi connectivity index (χ1v) is 13.9. The Balaban J connectivity index is 1.05. The van der Waals surface area contributed by atoms with Crippen molar-refractivity contribution >= 4 is 40.1 Å². The van der Waals surface area contributed by atoms with Gasteiger partial charge in [-0.05, 0) is 42.8 Å². The van der Waals surface area contributed by atoms with Crippen molar-refractivity contribution in [1.29, 1.82) is 5.26 Å². The summed E-state index contributed by atoms with van der Waals surface area (Å²) in [6, 6.07) is 18.1. The van der Waals surface area contributed by atoms with Crippen molar-refractivity contribution in [3.8, 4) is 11.9 Å². The standard InChI is InChI=1S/C31H27N7O5/c32-15-21-4-5-22(30-24(21)9-13-42-30)18-43-29-3-1-2-27(35-29)36-10-11-37(33-19-36)17-28-34-25-7-6-20(31(39)40)14-26(25)38(28)16-23-8-12-41-23/h1-7,9,13-14,19,23H,8,10-12,16-18H2,(H,39,40)/t23-/m0/s1. The zero-order valence-electron chi connectivity index (χ0n) is 23.1. The molecule has 43 heavy (non-hydrogen) atoms. The molecule has 7 rings (SSSR count). The predicted molar refractivity (Wildman–Crippen MR) is 157 cm³/mol. The van der Waals surface area contributed by atoms with E-state index in [1.54, 1.807) is 49.0 Å². The van der Waals surface area contributed by atoms with Gasteiger partial charge in [0.25, 0.3) is 0 Å². The van der Waals surface area contributed by atoms with Gasteiger partial charge in [-0.3, -0.25) is 5.01 Å². The first-order chi connectivity index (χ1) is 21.1. The molecule has 2 aliphatic heterocycles. The fourth-order valence-corrected chi connectivity index (χ4v) is 5.32. The third-order valence-corrected chi connectivity index (χ3v) is 7.73. The molecule has 2 aliphatic rings. The lowest BCUT2D eigenvalue weighted by Crippen LogP contribution is -2.38. The second-order valence-electron chi connectivity index (χ2n) is 10.4. The molecule has 3 aromatic heterocycles. The van der Waals surface area contributed by atoms with Gasteiger partial charge in [-0.15, -0.1) is 0 Å². The SMILES string of the molecule is N#Cc1ccc(COc2cccc(N3C=NN(Cc4nc5ccc(C(=O)O)cc5n4C[C@@H]4CCO4)CC3)n2)c2occc12. The molecular formula is C31H27N7O5. The van der Waals surface area contributed by atoms with Crippen LogP contribution in [0.25, 0.3) is 22.0 Å². The van der Waals surface area contributed by atoms with E-state index < -0.39 is 5.97 Å². The van der Waals surface area contributed by atoms with E-state index in [2.05, 4.69) is 20.7 Å². The van der Waals surface area contributed by atoms with Crippen LogP contribution in [0.3, 0.4) is 0 Å². The molecule has 5 aromatic rings. The third-order valence-electron chi connectivity index (χ3n) is 7.73. The normalized spacial score (nSPS) is 16.4. The Bertz CT molecular complexity index is 1900.